The van der Waals surface area contributed by atoms with Crippen LogP contribution in [0.5, 0.6) is 0 Å². The molecular weight excluding hydrogens is 228 g/mol. The lowest BCUT2D eigenvalue weighted by atomic mass is 10.4. The van der Waals surface area contributed by atoms with Crippen molar-refractivity contribution < 1.29 is 29.3 Å². The molecule has 98 valence electrons. The fraction of sp³-hybridized carbons (Fsp3) is 0.364. The lowest BCUT2D eigenvalue weighted by Gasteiger charge is -1.89. The molecule has 0 saturated carbocycles. The zero-order chi connectivity index (χ0) is 14.4. The van der Waals surface area contributed by atoms with Gasteiger partial charge in [-0.15, -0.1) is 0 Å². The summed E-state index contributed by atoms with van der Waals surface area (Å²) in [7, 11) is 0. The third kappa shape index (κ3) is 41.4. The Hall–Kier alpha value is -2.11. The minimum atomic E-state index is -0.981. The number of ether oxygens (including phenoxy) is 1. The first kappa shape index (κ1) is 20.3. The van der Waals surface area contributed by atoms with Crippen molar-refractivity contribution in [2.75, 3.05) is 6.61 Å². The maximum Gasteiger partial charge on any atom is 0.330 e. The number of rotatable bonds is 3. The van der Waals surface area contributed by atoms with Gasteiger partial charge in [-0.1, -0.05) is 13.2 Å². The highest BCUT2D eigenvalue weighted by molar-refractivity contribution is 5.84. The van der Waals surface area contributed by atoms with Crippen molar-refractivity contribution in [3.63, 3.8) is 0 Å². The number of carboxylic acid groups (broad SMARTS) is 2. The average Bonchev–Trinajstić information content (AvgIpc) is 2.19. The van der Waals surface area contributed by atoms with Gasteiger partial charge < -0.3 is 14.9 Å². The summed E-state index contributed by atoms with van der Waals surface area (Å²) in [4.78, 5) is 28.7. The van der Waals surface area contributed by atoms with E-state index in [9.17, 15) is 14.4 Å². The Kier molecular flexibility index (Phi) is 16.6. The maximum atomic E-state index is 9.82. The number of esters is 1. The third-order valence-electron chi connectivity index (χ3n) is 0.887. The molecule has 0 bridgehead atoms. The second kappa shape index (κ2) is 13.9. The standard InChI is InChI=1S/C4H8O2.C4H6O2.C3H4O2/c1-3-6-4(2)5;1-3(2)4(5)6;1-2-3(4)5/h3H2,1-2H3;1H2,2H3,(H,5,6);2H,1H2,(H,4,5). The summed E-state index contributed by atoms with van der Waals surface area (Å²) in [5.74, 6) is -2.13. The van der Waals surface area contributed by atoms with E-state index in [-0.39, 0.29) is 11.5 Å². The predicted molar refractivity (Wildman–Crippen MR) is 62.6 cm³/mol. The third-order valence-corrected chi connectivity index (χ3v) is 0.887. The lowest BCUT2D eigenvalue weighted by molar-refractivity contribution is -0.140. The molecule has 0 atom stereocenters. The number of hydrogen-bond acceptors (Lipinski definition) is 4. The molecule has 0 unspecified atom stereocenters. The molecule has 0 aliphatic rings. The first-order valence-electron chi connectivity index (χ1n) is 4.56. The van der Waals surface area contributed by atoms with Crippen LogP contribution in [0.4, 0.5) is 0 Å². The molecule has 0 heterocycles. The van der Waals surface area contributed by atoms with Crippen LogP contribution in [0.1, 0.15) is 20.8 Å². The Labute approximate surface area is 100 Å². The number of carbonyl (C=O) groups excluding carboxylic acids is 1. The van der Waals surface area contributed by atoms with E-state index in [1.807, 2.05) is 0 Å². The van der Waals surface area contributed by atoms with E-state index in [0.717, 1.165) is 6.08 Å². The molecule has 0 aromatic carbocycles. The molecule has 0 spiro atoms. The Morgan fingerprint density at radius 3 is 1.53 bits per heavy atom. The summed E-state index contributed by atoms with van der Waals surface area (Å²) in [6.07, 6.45) is 0.833. The topological polar surface area (TPSA) is 101 Å². The molecule has 6 heteroatoms. The summed E-state index contributed by atoms with van der Waals surface area (Å²) in [6.45, 7) is 11.2. The Morgan fingerprint density at radius 1 is 1.24 bits per heavy atom. The average molecular weight is 246 g/mol. The highest BCUT2D eigenvalue weighted by Gasteiger charge is 1.90. The molecule has 0 fully saturated rings. The van der Waals surface area contributed by atoms with Crippen LogP contribution in [0.25, 0.3) is 0 Å². The molecule has 0 amide bonds. The second-order valence-electron chi connectivity index (χ2n) is 2.55. The molecule has 0 aromatic heterocycles. The van der Waals surface area contributed by atoms with Crippen LogP contribution < -0.4 is 0 Å². The highest BCUT2D eigenvalue weighted by Crippen LogP contribution is 1.81. The Morgan fingerprint density at radius 2 is 1.53 bits per heavy atom. The molecule has 0 rings (SSSR count). The largest absolute Gasteiger partial charge is 0.478 e. The molecule has 17 heavy (non-hydrogen) atoms. The molecule has 2 N–H and O–H groups in total. The van der Waals surface area contributed by atoms with Crippen molar-refractivity contribution in [2.45, 2.75) is 20.8 Å². The van der Waals surface area contributed by atoms with Crippen molar-refractivity contribution >= 4 is 17.9 Å². The normalized spacial score (nSPS) is 7.24. The van der Waals surface area contributed by atoms with Crippen LogP contribution in [-0.2, 0) is 19.1 Å². The van der Waals surface area contributed by atoms with Gasteiger partial charge in [0, 0.05) is 18.6 Å². The molecular formula is C11H18O6. The summed E-state index contributed by atoms with van der Waals surface area (Å²) >= 11 is 0. The van der Waals surface area contributed by atoms with Crippen molar-refractivity contribution in [1.29, 1.82) is 0 Å². The van der Waals surface area contributed by atoms with Crippen LogP contribution in [0.15, 0.2) is 24.8 Å². The van der Waals surface area contributed by atoms with E-state index < -0.39 is 11.9 Å². The smallest absolute Gasteiger partial charge is 0.330 e. The molecule has 0 aliphatic carbocycles. The number of hydrogen-bond donors (Lipinski definition) is 2. The van der Waals surface area contributed by atoms with E-state index in [0.29, 0.717) is 6.61 Å². The van der Waals surface area contributed by atoms with Crippen molar-refractivity contribution in [1.82, 2.24) is 0 Å². The van der Waals surface area contributed by atoms with Crippen LogP contribution in [0.3, 0.4) is 0 Å². The first-order valence-corrected chi connectivity index (χ1v) is 4.56. The maximum absolute atomic E-state index is 9.82. The minimum absolute atomic E-state index is 0.176. The van der Waals surface area contributed by atoms with Gasteiger partial charge in [0.2, 0.25) is 0 Å². The van der Waals surface area contributed by atoms with Crippen molar-refractivity contribution in [3.8, 4) is 0 Å². The van der Waals surface area contributed by atoms with Gasteiger partial charge in [0.1, 0.15) is 0 Å². The van der Waals surface area contributed by atoms with Gasteiger partial charge in [-0.3, -0.25) is 4.79 Å². The van der Waals surface area contributed by atoms with E-state index in [4.69, 9.17) is 10.2 Å². The number of carbonyl (C=O) groups is 3. The van der Waals surface area contributed by atoms with Crippen molar-refractivity contribution in [3.05, 3.63) is 24.8 Å². The van der Waals surface area contributed by atoms with E-state index >= 15 is 0 Å². The molecule has 0 saturated heterocycles. The fourth-order valence-corrected chi connectivity index (χ4v) is 0.203. The Bertz CT molecular complexity index is 268. The summed E-state index contributed by atoms with van der Waals surface area (Å²) in [6, 6.07) is 0. The van der Waals surface area contributed by atoms with Crippen molar-refractivity contribution in [2.24, 2.45) is 0 Å². The van der Waals surface area contributed by atoms with Crippen LogP contribution in [0.2, 0.25) is 0 Å². The predicted octanol–water partition coefficient (Wildman–Crippen LogP) is 1.47. The van der Waals surface area contributed by atoms with Gasteiger partial charge in [-0.05, 0) is 13.8 Å². The van der Waals surface area contributed by atoms with Gasteiger partial charge in [-0.25, -0.2) is 9.59 Å². The summed E-state index contributed by atoms with van der Waals surface area (Å²) < 4.78 is 4.40. The second-order valence-corrected chi connectivity index (χ2v) is 2.55. The molecule has 6 nitrogen and oxygen atoms in total. The van der Waals surface area contributed by atoms with Crippen LogP contribution in [-0.4, -0.2) is 34.7 Å². The zero-order valence-corrected chi connectivity index (χ0v) is 10.2. The van der Waals surface area contributed by atoms with Crippen LogP contribution >= 0.6 is 0 Å². The van der Waals surface area contributed by atoms with Gasteiger partial charge in [0.25, 0.3) is 0 Å². The number of carboxylic acids is 2. The molecule has 0 aliphatic heterocycles. The SMILES string of the molecule is C=C(C)C(=O)O.C=CC(=O)O.CCOC(C)=O. The van der Waals surface area contributed by atoms with E-state index in [2.05, 4.69) is 17.9 Å². The van der Waals surface area contributed by atoms with Gasteiger partial charge in [-0.2, -0.15) is 0 Å². The van der Waals surface area contributed by atoms with Gasteiger partial charge >= 0.3 is 17.9 Å². The highest BCUT2D eigenvalue weighted by atomic mass is 16.5. The quantitative estimate of drug-likeness (QED) is 0.577. The minimum Gasteiger partial charge on any atom is -0.478 e. The van der Waals surface area contributed by atoms with E-state index in [1.165, 1.54) is 13.8 Å². The molecule has 0 aromatic rings. The van der Waals surface area contributed by atoms with Gasteiger partial charge in [0.15, 0.2) is 0 Å². The zero-order valence-electron chi connectivity index (χ0n) is 10.2. The fourth-order valence-electron chi connectivity index (χ4n) is 0.203. The first-order chi connectivity index (χ1) is 7.68. The van der Waals surface area contributed by atoms with E-state index in [1.54, 1.807) is 6.92 Å². The van der Waals surface area contributed by atoms with Crippen LogP contribution in [0, 0.1) is 0 Å². The Balaban J connectivity index is -0.000000174. The molecule has 0 radical (unpaired) electrons. The number of aliphatic carboxylic acids is 2. The monoisotopic (exact) mass is 246 g/mol. The summed E-state index contributed by atoms with van der Waals surface area (Å²) in [5, 5.41) is 15.5. The lowest BCUT2D eigenvalue weighted by Crippen LogP contribution is -1.95. The van der Waals surface area contributed by atoms with Gasteiger partial charge in [0.05, 0.1) is 6.61 Å². The summed E-state index contributed by atoms with van der Waals surface area (Å²) in [5.41, 5.74) is 0.176.